The molecule has 1 saturated heterocycles. The Morgan fingerprint density at radius 1 is 1.13 bits per heavy atom. The molecule has 1 fully saturated rings. The molecule has 1 atom stereocenters. The Balaban J connectivity index is 1.54. The van der Waals surface area contributed by atoms with Crippen LogP contribution in [0.25, 0.3) is 0 Å². The molecule has 1 aliphatic rings. The summed E-state index contributed by atoms with van der Waals surface area (Å²) in [6.45, 7) is 3.78. The number of hydrogen-bond acceptors (Lipinski definition) is 10. The average Bonchev–Trinajstić information content (AvgIpc) is 3.21. The number of rotatable bonds is 8. The van der Waals surface area contributed by atoms with Crippen LogP contribution in [0.1, 0.15) is 36.8 Å². The summed E-state index contributed by atoms with van der Waals surface area (Å²) in [6.07, 6.45) is -0.740. The number of hydrogen-bond donors (Lipinski definition) is 2. The van der Waals surface area contributed by atoms with Gasteiger partial charge >= 0.3 is 6.18 Å². The van der Waals surface area contributed by atoms with Crippen LogP contribution in [0.4, 0.5) is 36.4 Å². The van der Waals surface area contributed by atoms with E-state index >= 15 is 0 Å². The number of nitrogens with one attached hydrogen (secondary N) is 2. The summed E-state index contributed by atoms with van der Waals surface area (Å²) in [5.74, 6) is -1.29. The van der Waals surface area contributed by atoms with E-state index in [2.05, 4.69) is 30.6 Å². The zero-order valence-electron chi connectivity index (χ0n) is 20.9. The van der Waals surface area contributed by atoms with E-state index in [1.165, 1.54) is 19.4 Å². The highest BCUT2D eigenvalue weighted by atomic mass is 32.2. The van der Waals surface area contributed by atoms with Crippen LogP contribution in [0.5, 0.6) is 0 Å². The van der Waals surface area contributed by atoms with E-state index < -0.39 is 33.4 Å². The van der Waals surface area contributed by atoms with Crippen LogP contribution in [0, 0.1) is 0 Å². The molecule has 1 aromatic carbocycles. The van der Waals surface area contributed by atoms with Crippen molar-refractivity contribution in [3.63, 3.8) is 0 Å². The Kier molecular flexibility index (Phi) is 7.45. The van der Waals surface area contributed by atoms with Gasteiger partial charge in [-0.15, -0.1) is 0 Å². The molecular weight excluding hydrogens is 527 g/mol. The quantitative estimate of drug-likeness (QED) is 0.424. The van der Waals surface area contributed by atoms with Crippen molar-refractivity contribution in [1.29, 1.82) is 0 Å². The third-order valence-electron chi connectivity index (χ3n) is 5.61. The number of benzene rings is 1. The maximum absolute atomic E-state index is 13.7. The predicted octanol–water partition coefficient (Wildman–Crippen LogP) is 3.86. The van der Waals surface area contributed by atoms with Crippen molar-refractivity contribution in [1.82, 2.24) is 19.9 Å². The fourth-order valence-electron chi connectivity index (χ4n) is 3.62. The first-order valence-corrected chi connectivity index (χ1v) is 13.2. The van der Waals surface area contributed by atoms with Crippen molar-refractivity contribution in [3.8, 4) is 0 Å². The Labute approximate surface area is 217 Å². The Hall–Kier alpha value is -3.56. The Morgan fingerprint density at radius 2 is 1.82 bits per heavy atom. The van der Waals surface area contributed by atoms with Crippen molar-refractivity contribution < 1.29 is 31.1 Å². The lowest BCUT2D eigenvalue weighted by Crippen LogP contribution is -2.27. The van der Waals surface area contributed by atoms with Crippen LogP contribution in [0.3, 0.4) is 0 Å². The van der Waals surface area contributed by atoms with Crippen molar-refractivity contribution in [2.45, 2.75) is 38.5 Å². The monoisotopic (exact) mass is 553 g/mol. The van der Waals surface area contributed by atoms with Gasteiger partial charge < -0.3 is 20.1 Å². The number of aromatic nitrogens is 4. The summed E-state index contributed by atoms with van der Waals surface area (Å²) in [6, 6.07) is 7.08. The van der Waals surface area contributed by atoms with Gasteiger partial charge in [0.25, 0.3) is 0 Å². The highest BCUT2D eigenvalue weighted by molar-refractivity contribution is 7.92. The second kappa shape index (κ2) is 10.3. The highest BCUT2D eigenvalue weighted by Crippen LogP contribution is 2.35. The molecule has 204 valence electrons. The third-order valence-corrected chi connectivity index (χ3v) is 6.78. The third kappa shape index (κ3) is 6.46. The number of sulfonamides is 1. The molecule has 0 amide bonds. The minimum atomic E-state index is -4.74. The predicted molar refractivity (Wildman–Crippen MR) is 133 cm³/mol. The fourth-order valence-corrected chi connectivity index (χ4v) is 4.08. The van der Waals surface area contributed by atoms with E-state index in [1.807, 2.05) is 26.0 Å². The van der Waals surface area contributed by atoms with E-state index in [9.17, 15) is 21.6 Å². The maximum atomic E-state index is 13.7. The molecule has 15 heteroatoms. The van der Waals surface area contributed by atoms with Gasteiger partial charge in [-0.25, -0.2) is 18.4 Å². The van der Waals surface area contributed by atoms with E-state index in [1.54, 1.807) is 12.1 Å². The van der Waals surface area contributed by atoms with Crippen molar-refractivity contribution in [2.24, 2.45) is 0 Å². The Bertz CT molecular complexity index is 1400. The molecule has 0 spiro atoms. The van der Waals surface area contributed by atoms with Crippen LogP contribution in [0.2, 0.25) is 0 Å². The molecule has 4 rings (SSSR count). The molecule has 0 bridgehead atoms. The number of ether oxygens (including phenoxy) is 2. The smallest absolute Gasteiger partial charge is 0.364 e. The molecule has 0 saturated carbocycles. The van der Waals surface area contributed by atoms with E-state index in [0.717, 1.165) is 16.1 Å². The summed E-state index contributed by atoms with van der Waals surface area (Å²) < 4.78 is 77.2. The van der Waals surface area contributed by atoms with Crippen molar-refractivity contribution in [3.05, 3.63) is 59.7 Å². The summed E-state index contributed by atoms with van der Waals surface area (Å²) in [5, 5.41) is 5.48. The topological polar surface area (TPSA) is 131 Å². The largest absolute Gasteiger partial charge is 0.421 e. The van der Waals surface area contributed by atoms with Gasteiger partial charge in [-0.2, -0.15) is 18.2 Å². The minimum Gasteiger partial charge on any atom is -0.364 e. The highest BCUT2D eigenvalue weighted by Gasteiger charge is 2.36. The zero-order valence-corrected chi connectivity index (χ0v) is 21.8. The van der Waals surface area contributed by atoms with Crippen molar-refractivity contribution >= 4 is 33.3 Å². The molecule has 0 aliphatic carbocycles. The standard InChI is InChI=1S/C23H26F3N7O4S/c1-22(2)36-13-18(37-22)14-5-7-15(8-6-14)31-21-30-11-16(23(24,25)26)19(32-21)29-12-17-20(28-10-9-27-17)33(3)38(4,34)35/h5-11,18H,12-13H2,1-4H3,(H2,29,30,31,32). The second-order valence-electron chi connectivity index (χ2n) is 8.93. The summed E-state index contributed by atoms with van der Waals surface area (Å²) in [4.78, 5) is 15.9. The molecule has 3 heterocycles. The Morgan fingerprint density at radius 3 is 2.42 bits per heavy atom. The van der Waals surface area contributed by atoms with Gasteiger partial charge in [-0.05, 0) is 31.5 Å². The number of nitrogens with zero attached hydrogens (tertiary/aromatic N) is 5. The number of halogens is 3. The molecule has 11 nitrogen and oxygen atoms in total. The van der Waals surface area contributed by atoms with Crippen LogP contribution in [-0.2, 0) is 32.2 Å². The maximum Gasteiger partial charge on any atom is 0.421 e. The normalized spacial score (nSPS) is 17.3. The first kappa shape index (κ1) is 27.5. The van der Waals surface area contributed by atoms with Gasteiger partial charge in [0.1, 0.15) is 23.2 Å². The average molecular weight is 554 g/mol. The fraction of sp³-hybridized carbons (Fsp3) is 0.391. The lowest BCUT2D eigenvalue weighted by atomic mass is 10.1. The van der Waals surface area contributed by atoms with Gasteiger partial charge in [0.15, 0.2) is 11.6 Å². The zero-order chi connectivity index (χ0) is 27.7. The first-order chi connectivity index (χ1) is 17.7. The van der Waals surface area contributed by atoms with Gasteiger partial charge in [0.05, 0.1) is 19.4 Å². The minimum absolute atomic E-state index is 0.0245. The molecule has 2 N–H and O–H groups in total. The van der Waals surface area contributed by atoms with E-state index in [4.69, 9.17) is 9.47 Å². The van der Waals surface area contributed by atoms with E-state index in [-0.39, 0.29) is 30.1 Å². The molecule has 2 aromatic heterocycles. The SMILES string of the molecule is CN(c1nccnc1CNc1nc(Nc2ccc(C3COC(C)(C)O3)cc2)ncc1C(F)(F)F)S(C)(=O)=O. The molecule has 1 aliphatic heterocycles. The van der Waals surface area contributed by atoms with Crippen LogP contribution < -0.4 is 14.9 Å². The van der Waals surface area contributed by atoms with Crippen LogP contribution in [0.15, 0.2) is 42.9 Å². The van der Waals surface area contributed by atoms with Crippen LogP contribution in [-0.4, -0.2) is 54.1 Å². The van der Waals surface area contributed by atoms with Gasteiger partial charge in [0, 0.05) is 31.3 Å². The molecule has 38 heavy (non-hydrogen) atoms. The lowest BCUT2D eigenvalue weighted by molar-refractivity contribution is -0.139. The summed E-state index contributed by atoms with van der Waals surface area (Å²) >= 11 is 0. The molecular formula is C23H26F3N7O4S. The molecule has 0 radical (unpaired) electrons. The van der Waals surface area contributed by atoms with Crippen LogP contribution >= 0.6 is 0 Å². The number of alkyl halides is 3. The van der Waals surface area contributed by atoms with Gasteiger partial charge in [-0.3, -0.25) is 9.29 Å². The number of anilines is 4. The second-order valence-corrected chi connectivity index (χ2v) is 10.9. The molecule has 3 aromatic rings. The first-order valence-electron chi connectivity index (χ1n) is 11.3. The van der Waals surface area contributed by atoms with Gasteiger partial charge in [-0.1, -0.05) is 12.1 Å². The van der Waals surface area contributed by atoms with Crippen molar-refractivity contribution in [2.75, 3.05) is 34.8 Å². The molecule has 1 unspecified atom stereocenters. The lowest BCUT2D eigenvalue weighted by Gasteiger charge is -2.19. The van der Waals surface area contributed by atoms with Gasteiger partial charge in [0.2, 0.25) is 16.0 Å². The van der Waals surface area contributed by atoms with E-state index in [0.29, 0.717) is 18.5 Å². The summed E-state index contributed by atoms with van der Waals surface area (Å²) in [7, 11) is -2.40. The summed E-state index contributed by atoms with van der Waals surface area (Å²) in [5.41, 5.74) is 0.444.